The first-order valence-corrected chi connectivity index (χ1v) is 13.2. The largest absolute Gasteiger partial charge is 0.207 e. The maximum atomic E-state index is 13.9. The van der Waals surface area contributed by atoms with Gasteiger partial charge in [0.1, 0.15) is 5.82 Å². The van der Waals surface area contributed by atoms with Crippen LogP contribution >= 0.6 is 0 Å². The van der Waals surface area contributed by atoms with Gasteiger partial charge >= 0.3 is 0 Å². The molecular formula is C23H37FSi. The average molecular weight is 361 g/mol. The van der Waals surface area contributed by atoms with E-state index >= 15 is 0 Å². The zero-order valence-corrected chi connectivity index (χ0v) is 17.6. The number of hydrogen-bond donors (Lipinski definition) is 0. The summed E-state index contributed by atoms with van der Waals surface area (Å²) < 4.78 is 13.9. The Morgan fingerprint density at radius 3 is 2.36 bits per heavy atom. The first kappa shape index (κ1) is 19.1. The van der Waals surface area contributed by atoms with E-state index in [-0.39, 0.29) is 5.82 Å². The molecule has 2 aliphatic rings. The van der Waals surface area contributed by atoms with Crippen LogP contribution in [0.2, 0.25) is 17.6 Å². The van der Waals surface area contributed by atoms with Crippen molar-refractivity contribution in [3.63, 3.8) is 0 Å². The van der Waals surface area contributed by atoms with Crippen molar-refractivity contribution in [2.45, 2.75) is 102 Å². The van der Waals surface area contributed by atoms with E-state index in [0.29, 0.717) is 5.92 Å². The van der Waals surface area contributed by atoms with Crippen molar-refractivity contribution < 1.29 is 4.39 Å². The predicted octanol–water partition coefficient (Wildman–Crippen LogP) is 7.38. The van der Waals surface area contributed by atoms with Gasteiger partial charge in [0.05, 0.1) is 0 Å². The molecule has 140 valence electrons. The smallest absolute Gasteiger partial charge is 0.126 e. The predicted molar refractivity (Wildman–Crippen MR) is 110 cm³/mol. The van der Waals surface area contributed by atoms with E-state index in [9.17, 15) is 4.39 Å². The third-order valence-corrected chi connectivity index (χ3v) is 11.4. The van der Waals surface area contributed by atoms with Crippen LogP contribution in [0, 0.1) is 18.7 Å². The molecule has 0 bridgehead atoms. The summed E-state index contributed by atoms with van der Waals surface area (Å²) in [6, 6.07) is 8.96. The maximum Gasteiger partial charge on any atom is 0.126 e. The minimum Gasteiger partial charge on any atom is -0.207 e. The molecule has 1 saturated carbocycles. The lowest BCUT2D eigenvalue weighted by Crippen LogP contribution is -2.29. The molecular weight excluding hydrogens is 323 g/mol. The molecule has 0 N–H and O–H groups in total. The Bertz CT molecular complexity index is 525. The first-order chi connectivity index (χ1) is 12.2. The van der Waals surface area contributed by atoms with Gasteiger partial charge in [-0.05, 0) is 54.3 Å². The van der Waals surface area contributed by atoms with Crippen molar-refractivity contribution in [2.75, 3.05) is 0 Å². The summed E-state index contributed by atoms with van der Waals surface area (Å²) in [7, 11) is -0.546. The highest BCUT2D eigenvalue weighted by Crippen LogP contribution is 2.44. The fraction of sp³-hybridized carbons (Fsp3) is 0.739. The lowest BCUT2D eigenvalue weighted by Gasteiger charge is -2.37. The first-order valence-electron chi connectivity index (χ1n) is 10.9. The minimum absolute atomic E-state index is 0.0155. The highest BCUT2D eigenvalue weighted by molar-refractivity contribution is 6.60. The van der Waals surface area contributed by atoms with Crippen LogP contribution in [0.25, 0.3) is 0 Å². The molecule has 0 amide bonds. The standard InChI is InChI=1S/C23H37FSi/c1-3-4-5-6-19-8-11-22(12-9-19)25-15-13-20(14-16-25)21-10-7-18(2)23(24)17-21/h7,10,17,19-20,22,25H,3-6,8-9,11-16H2,1-2H3/t19-,20-,22-,25-. The van der Waals surface area contributed by atoms with Crippen LogP contribution in [0.4, 0.5) is 4.39 Å². The SMILES string of the molecule is CCCCC[C@H]1CC[C@H]([Si@H]2CC[C@H](c3ccc(C)c(F)c3)CC2)CC1. The summed E-state index contributed by atoms with van der Waals surface area (Å²) in [5.74, 6) is 1.66. The maximum absolute atomic E-state index is 13.9. The van der Waals surface area contributed by atoms with Crippen LogP contribution in [0.5, 0.6) is 0 Å². The van der Waals surface area contributed by atoms with Crippen LogP contribution in [0.15, 0.2) is 18.2 Å². The summed E-state index contributed by atoms with van der Waals surface area (Å²) in [4.78, 5) is 0. The van der Waals surface area contributed by atoms with E-state index in [2.05, 4.69) is 13.0 Å². The van der Waals surface area contributed by atoms with Gasteiger partial charge < -0.3 is 0 Å². The van der Waals surface area contributed by atoms with Crippen LogP contribution in [0.1, 0.15) is 88.2 Å². The summed E-state index contributed by atoms with van der Waals surface area (Å²) in [6.45, 7) is 4.17. The van der Waals surface area contributed by atoms with E-state index in [0.717, 1.165) is 17.0 Å². The van der Waals surface area contributed by atoms with Crippen LogP contribution in [-0.2, 0) is 0 Å². The number of hydrogen-bond acceptors (Lipinski definition) is 0. The molecule has 0 unspecified atom stereocenters. The highest BCUT2D eigenvalue weighted by atomic mass is 28.3. The van der Waals surface area contributed by atoms with E-state index in [1.165, 1.54) is 81.9 Å². The molecule has 1 aliphatic heterocycles. The van der Waals surface area contributed by atoms with Gasteiger partial charge in [-0.2, -0.15) is 0 Å². The Morgan fingerprint density at radius 2 is 1.72 bits per heavy atom. The van der Waals surface area contributed by atoms with Crippen molar-refractivity contribution in [1.29, 1.82) is 0 Å². The summed E-state index contributed by atoms with van der Waals surface area (Å²) >= 11 is 0. The molecule has 25 heavy (non-hydrogen) atoms. The minimum atomic E-state index is -0.546. The lowest BCUT2D eigenvalue weighted by molar-refractivity contribution is 0.325. The molecule has 1 aliphatic carbocycles. The Balaban J connectivity index is 1.43. The second kappa shape index (κ2) is 9.35. The zero-order valence-electron chi connectivity index (χ0n) is 16.4. The molecule has 0 aromatic heterocycles. The van der Waals surface area contributed by atoms with Crippen LogP contribution in [-0.4, -0.2) is 8.80 Å². The molecule has 1 saturated heterocycles. The van der Waals surface area contributed by atoms with Crippen molar-refractivity contribution >= 4 is 8.80 Å². The monoisotopic (exact) mass is 360 g/mol. The number of benzene rings is 1. The topological polar surface area (TPSA) is 0 Å². The van der Waals surface area contributed by atoms with Crippen LogP contribution in [0.3, 0.4) is 0 Å². The Morgan fingerprint density at radius 1 is 1.00 bits per heavy atom. The van der Waals surface area contributed by atoms with E-state index in [1.54, 1.807) is 0 Å². The summed E-state index contributed by atoms with van der Waals surface area (Å²) in [6.07, 6.45) is 14.5. The molecule has 1 heterocycles. The Hall–Kier alpha value is -0.633. The molecule has 0 atom stereocenters. The fourth-order valence-corrected chi connectivity index (χ4v) is 9.64. The molecule has 0 radical (unpaired) electrons. The normalized spacial score (nSPS) is 30.4. The molecule has 1 aromatic rings. The molecule has 2 heteroatoms. The quantitative estimate of drug-likeness (QED) is 0.367. The number of aryl methyl sites for hydroxylation is 1. The van der Waals surface area contributed by atoms with Crippen molar-refractivity contribution in [2.24, 2.45) is 5.92 Å². The van der Waals surface area contributed by atoms with Gasteiger partial charge in [-0.15, -0.1) is 0 Å². The molecule has 1 aromatic carbocycles. The molecule has 2 fully saturated rings. The number of halogens is 1. The highest BCUT2D eigenvalue weighted by Gasteiger charge is 2.32. The van der Waals surface area contributed by atoms with Gasteiger partial charge in [0.15, 0.2) is 0 Å². The van der Waals surface area contributed by atoms with Gasteiger partial charge in [-0.3, -0.25) is 0 Å². The molecule has 0 nitrogen and oxygen atoms in total. The fourth-order valence-electron chi connectivity index (χ4n) is 5.42. The molecule has 3 rings (SSSR count). The van der Waals surface area contributed by atoms with Gasteiger partial charge in [-0.25, -0.2) is 4.39 Å². The number of unbranched alkanes of at least 4 members (excludes halogenated alkanes) is 2. The van der Waals surface area contributed by atoms with Gasteiger partial charge in [0, 0.05) is 8.80 Å². The van der Waals surface area contributed by atoms with Crippen molar-refractivity contribution in [3.8, 4) is 0 Å². The second-order valence-electron chi connectivity index (χ2n) is 8.90. The van der Waals surface area contributed by atoms with Gasteiger partial charge in [-0.1, -0.05) is 82.5 Å². The summed E-state index contributed by atoms with van der Waals surface area (Å²) in [5.41, 5.74) is 3.16. The Labute approximate surface area is 156 Å². The zero-order chi connectivity index (χ0) is 17.6. The van der Waals surface area contributed by atoms with Gasteiger partial charge in [0.25, 0.3) is 0 Å². The third kappa shape index (κ3) is 5.18. The molecule has 0 spiro atoms. The Kier molecular flexibility index (Phi) is 7.15. The van der Waals surface area contributed by atoms with E-state index in [4.69, 9.17) is 0 Å². The van der Waals surface area contributed by atoms with Crippen molar-refractivity contribution in [3.05, 3.63) is 35.1 Å². The van der Waals surface area contributed by atoms with E-state index in [1.807, 2.05) is 19.1 Å². The number of rotatable bonds is 6. The van der Waals surface area contributed by atoms with Crippen LogP contribution < -0.4 is 0 Å². The van der Waals surface area contributed by atoms with Gasteiger partial charge in [0.2, 0.25) is 0 Å². The van der Waals surface area contributed by atoms with E-state index < -0.39 is 8.80 Å². The van der Waals surface area contributed by atoms with Crippen molar-refractivity contribution in [1.82, 2.24) is 0 Å². The average Bonchev–Trinajstić information content (AvgIpc) is 2.65. The summed E-state index contributed by atoms with van der Waals surface area (Å²) in [5, 5.41) is 0. The third-order valence-electron chi connectivity index (χ3n) is 7.21. The second-order valence-corrected chi connectivity index (χ2v) is 12.5. The lowest BCUT2D eigenvalue weighted by atomic mass is 9.85.